The number of nitrogens with zero attached hydrogens (tertiary/aromatic N) is 4. The van der Waals surface area contributed by atoms with E-state index in [9.17, 15) is 14.7 Å². The quantitative estimate of drug-likeness (QED) is 0.456. The van der Waals surface area contributed by atoms with Gasteiger partial charge in [-0.3, -0.25) is 14.2 Å². The Kier molecular flexibility index (Phi) is 7.77. The van der Waals surface area contributed by atoms with Gasteiger partial charge in [-0.25, -0.2) is 4.85 Å². The number of methoxy groups -OCH3 is 2. The van der Waals surface area contributed by atoms with Gasteiger partial charge in [0.15, 0.2) is 11.3 Å². The number of aromatic hydroxyl groups is 1. The molecule has 1 atom stereocenters. The van der Waals surface area contributed by atoms with Crippen molar-refractivity contribution in [3.8, 4) is 23.1 Å². The number of aromatic nitrogens is 2. The minimum absolute atomic E-state index is 0.0373. The van der Waals surface area contributed by atoms with Gasteiger partial charge in [0.2, 0.25) is 5.88 Å². The Bertz CT molecular complexity index is 1390. The van der Waals surface area contributed by atoms with Crippen molar-refractivity contribution in [2.45, 2.75) is 38.5 Å². The van der Waals surface area contributed by atoms with Gasteiger partial charge >= 0.3 is 0 Å². The van der Waals surface area contributed by atoms with E-state index in [1.807, 2.05) is 25.1 Å². The summed E-state index contributed by atoms with van der Waals surface area (Å²) in [5.74, 6) is -0.151. The summed E-state index contributed by atoms with van der Waals surface area (Å²) in [6, 6.07) is 12.5. The van der Waals surface area contributed by atoms with Crippen LogP contribution in [0.4, 0.5) is 5.69 Å². The van der Waals surface area contributed by atoms with E-state index in [0.29, 0.717) is 54.6 Å². The lowest BCUT2D eigenvalue weighted by atomic mass is 9.97. The number of para-hydroxylation sites is 2. The molecule has 1 aromatic heterocycles. The largest absolute Gasteiger partial charge is 0.494 e. The van der Waals surface area contributed by atoms with Crippen molar-refractivity contribution in [2.24, 2.45) is 0 Å². The van der Waals surface area contributed by atoms with E-state index in [1.165, 1.54) is 18.8 Å². The van der Waals surface area contributed by atoms with Gasteiger partial charge in [-0.2, -0.15) is 4.98 Å². The predicted octanol–water partition coefficient (Wildman–Crippen LogP) is 4.48. The molecule has 1 saturated heterocycles. The molecule has 1 N–H and O–H groups in total. The minimum Gasteiger partial charge on any atom is -0.494 e. The van der Waals surface area contributed by atoms with Gasteiger partial charge in [0.25, 0.3) is 11.5 Å². The average molecular weight is 503 g/mol. The Labute approximate surface area is 215 Å². The molecule has 1 fully saturated rings. The Hall–Kier alpha value is -4.32. The van der Waals surface area contributed by atoms with Crippen molar-refractivity contribution in [2.75, 3.05) is 27.3 Å². The maximum absolute atomic E-state index is 13.9. The molecule has 1 amide bonds. The molecule has 0 radical (unpaired) electrons. The molecule has 0 aliphatic carbocycles. The molecule has 37 heavy (non-hydrogen) atoms. The first-order chi connectivity index (χ1) is 17.9. The van der Waals surface area contributed by atoms with E-state index in [4.69, 9.17) is 16.0 Å². The van der Waals surface area contributed by atoms with Crippen LogP contribution in [-0.2, 0) is 6.42 Å². The fourth-order valence-corrected chi connectivity index (χ4v) is 4.82. The van der Waals surface area contributed by atoms with Crippen LogP contribution < -0.4 is 15.0 Å². The zero-order valence-corrected chi connectivity index (χ0v) is 21.2. The number of hydrogen-bond acceptors (Lipinski definition) is 6. The summed E-state index contributed by atoms with van der Waals surface area (Å²) in [7, 11) is 2.97. The summed E-state index contributed by atoms with van der Waals surface area (Å²) >= 11 is 0. The highest BCUT2D eigenvalue weighted by Gasteiger charge is 2.34. The lowest BCUT2D eigenvalue weighted by molar-refractivity contribution is 0.0784. The molecule has 9 heteroatoms. The molecule has 0 spiro atoms. The number of benzene rings is 2. The summed E-state index contributed by atoms with van der Waals surface area (Å²) in [6.45, 7) is 10.2. The second kappa shape index (κ2) is 11.2. The average Bonchev–Trinajstić information content (AvgIpc) is 3.41. The Balaban J connectivity index is 1.80. The number of aryl methyl sites for hydroxylation is 1. The number of rotatable bonds is 8. The third-order valence-corrected chi connectivity index (χ3v) is 6.70. The molecular formula is C28H30N4O5. The number of likely N-dealkylation sites (tertiary alicyclic amines) is 1. The SMILES string of the molecule is [C-]#[N+]c1ccccc1C1CCN(C(=O)c2c(O)nc(CCCC)n(-c3c(OC)cccc3OC)c2=O)C1. The molecule has 2 aromatic carbocycles. The molecule has 9 nitrogen and oxygen atoms in total. The van der Waals surface area contributed by atoms with Crippen LogP contribution in [0.1, 0.15) is 53.8 Å². The smallest absolute Gasteiger partial charge is 0.275 e. The Morgan fingerprint density at radius 2 is 1.86 bits per heavy atom. The monoisotopic (exact) mass is 502 g/mol. The van der Waals surface area contributed by atoms with Crippen molar-refractivity contribution in [1.29, 1.82) is 0 Å². The molecule has 1 aliphatic heterocycles. The van der Waals surface area contributed by atoms with Crippen molar-refractivity contribution in [1.82, 2.24) is 14.5 Å². The molecule has 192 valence electrons. The van der Waals surface area contributed by atoms with Crippen LogP contribution in [-0.4, -0.2) is 52.8 Å². The van der Waals surface area contributed by atoms with Crippen molar-refractivity contribution < 1.29 is 19.4 Å². The van der Waals surface area contributed by atoms with Crippen LogP contribution in [0.3, 0.4) is 0 Å². The Morgan fingerprint density at radius 3 is 2.51 bits per heavy atom. The van der Waals surface area contributed by atoms with Gasteiger partial charge in [-0.1, -0.05) is 43.7 Å². The number of carbonyl (C=O) groups is 1. The first-order valence-electron chi connectivity index (χ1n) is 12.3. The highest BCUT2D eigenvalue weighted by molar-refractivity contribution is 5.96. The van der Waals surface area contributed by atoms with E-state index >= 15 is 0 Å². The van der Waals surface area contributed by atoms with Gasteiger partial charge in [0, 0.05) is 19.5 Å². The molecule has 1 aliphatic rings. The standard InChI is InChI=1S/C28H30N4O5/c1-5-6-14-23-30-26(33)24(28(35)32(23)25-21(36-3)12-9-13-22(25)37-4)27(34)31-16-15-18(17-31)19-10-7-8-11-20(19)29-2/h7-13,18,33H,5-6,14-17H2,1,3-4H3. The minimum atomic E-state index is -0.684. The highest BCUT2D eigenvalue weighted by Crippen LogP contribution is 2.36. The second-order valence-corrected chi connectivity index (χ2v) is 8.89. The fraction of sp³-hybridized carbons (Fsp3) is 0.357. The van der Waals surface area contributed by atoms with Crippen molar-refractivity contribution in [3.63, 3.8) is 0 Å². The van der Waals surface area contributed by atoms with E-state index in [2.05, 4.69) is 9.83 Å². The van der Waals surface area contributed by atoms with Gasteiger partial charge in [0.05, 0.1) is 20.8 Å². The molecule has 0 saturated carbocycles. The summed E-state index contributed by atoms with van der Waals surface area (Å²) in [5.41, 5.74) is 0.678. The van der Waals surface area contributed by atoms with E-state index in [-0.39, 0.29) is 5.92 Å². The zero-order chi connectivity index (χ0) is 26.5. The summed E-state index contributed by atoms with van der Waals surface area (Å²) in [5, 5.41) is 10.8. The number of ether oxygens (including phenoxy) is 2. The summed E-state index contributed by atoms with van der Waals surface area (Å²) in [6.07, 6.45) is 2.64. The number of carbonyl (C=O) groups excluding carboxylic acids is 1. The molecular weight excluding hydrogens is 472 g/mol. The molecule has 4 rings (SSSR count). The predicted molar refractivity (Wildman–Crippen MR) is 139 cm³/mol. The van der Waals surface area contributed by atoms with Crippen LogP contribution in [0, 0.1) is 6.57 Å². The van der Waals surface area contributed by atoms with Gasteiger partial charge in [-0.05, 0) is 36.5 Å². The lowest BCUT2D eigenvalue weighted by Gasteiger charge is -2.21. The molecule has 0 bridgehead atoms. The zero-order valence-electron chi connectivity index (χ0n) is 21.2. The van der Waals surface area contributed by atoms with Crippen LogP contribution in [0.5, 0.6) is 17.4 Å². The number of unbranched alkanes of at least 4 members (excludes halogenated alkanes) is 1. The lowest BCUT2D eigenvalue weighted by Crippen LogP contribution is -2.37. The summed E-state index contributed by atoms with van der Waals surface area (Å²) < 4.78 is 12.4. The van der Waals surface area contributed by atoms with Crippen LogP contribution in [0.2, 0.25) is 0 Å². The number of amides is 1. The first kappa shape index (κ1) is 25.8. The van der Waals surface area contributed by atoms with Gasteiger partial charge in [0.1, 0.15) is 23.0 Å². The fourth-order valence-electron chi connectivity index (χ4n) is 4.82. The number of hydrogen-bond donors (Lipinski definition) is 1. The maximum atomic E-state index is 13.9. The van der Waals surface area contributed by atoms with E-state index in [1.54, 1.807) is 29.2 Å². The van der Waals surface area contributed by atoms with Gasteiger partial charge in [-0.15, -0.1) is 0 Å². The normalized spacial score (nSPS) is 14.9. The van der Waals surface area contributed by atoms with Gasteiger partial charge < -0.3 is 19.5 Å². The highest BCUT2D eigenvalue weighted by atomic mass is 16.5. The molecule has 1 unspecified atom stereocenters. The van der Waals surface area contributed by atoms with E-state index < -0.39 is 22.9 Å². The third kappa shape index (κ3) is 4.87. The maximum Gasteiger partial charge on any atom is 0.275 e. The Morgan fingerprint density at radius 1 is 1.16 bits per heavy atom. The van der Waals surface area contributed by atoms with Crippen LogP contribution >= 0.6 is 0 Å². The van der Waals surface area contributed by atoms with Crippen molar-refractivity contribution in [3.05, 3.63) is 81.2 Å². The van der Waals surface area contributed by atoms with Crippen molar-refractivity contribution >= 4 is 11.6 Å². The second-order valence-electron chi connectivity index (χ2n) is 8.89. The molecule has 2 heterocycles. The summed E-state index contributed by atoms with van der Waals surface area (Å²) in [4.78, 5) is 37.0. The third-order valence-electron chi connectivity index (χ3n) is 6.70. The first-order valence-corrected chi connectivity index (χ1v) is 12.3. The molecule has 3 aromatic rings. The van der Waals surface area contributed by atoms with E-state index in [0.717, 1.165) is 18.4 Å². The van der Waals surface area contributed by atoms with Crippen LogP contribution in [0.25, 0.3) is 10.5 Å². The topological polar surface area (TPSA) is 98.2 Å². The van der Waals surface area contributed by atoms with Crippen LogP contribution in [0.15, 0.2) is 47.3 Å².